The molecular weight excluding hydrogens is 444 g/mol. The van der Waals surface area contributed by atoms with Crippen molar-refractivity contribution in [3.63, 3.8) is 0 Å². The first-order chi connectivity index (χ1) is 16.4. The van der Waals surface area contributed by atoms with Gasteiger partial charge in [0.05, 0.1) is 23.3 Å². The Morgan fingerprint density at radius 2 is 1.97 bits per heavy atom. The third-order valence-electron chi connectivity index (χ3n) is 6.45. The molecule has 34 heavy (non-hydrogen) atoms. The highest BCUT2D eigenvalue weighted by Crippen LogP contribution is 2.37. The summed E-state index contributed by atoms with van der Waals surface area (Å²) < 4.78 is 4.49. The van der Waals surface area contributed by atoms with E-state index in [9.17, 15) is 9.90 Å². The molecule has 0 spiro atoms. The van der Waals surface area contributed by atoms with Crippen LogP contribution in [0.5, 0.6) is 0 Å². The summed E-state index contributed by atoms with van der Waals surface area (Å²) in [6, 6.07) is 13.9. The van der Waals surface area contributed by atoms with Crippen molar-refractivity contribution in [2.45, 2.75) is 58.3 Å². The summed E-state index contributed by atoms with van der Waals surface area (Å²) >= 11 is 1.77. The summed E-state index contributed by atoms with van der Waals surface area (Å²) in [5, 5.41) is 18.6. The summed E-state index contributed by atoms with van der Waals surface area (Å²) in [6.45, 7) is 7.63. The van der Waals surface area contributed by atoms with E-state index < -0.39 is 12.1 Å². The van der Waals surface area contributed by atoms with E-state index in [1.54, 1.807) is 11.9 Å². The Balaban J connectivity index is 1.65. The van der Waals surface area contributed by atoms with E-state index in [1.807, 2.05) is 56.3 Å². The molecule has 7 heteroatoms. The number of aromatic nitrogens is 1. The first-order valence-electron chi connectivity index (χ1n) is 12.2. The van der Waals surface area contributed by atoms with Gasteiger partial charge in [0.25, 0.3) is 5.91 Å². The topological polar surface area (TPSA) is 69.5 Å². The number of carbonyl (C=O) groups is 1. The van der Waals surface area contributed by atoms with Crippen molar-refractivity contribution in [3.05, 3.63) is 65.4 Å². The zero-order valence-electron chi connectivity index (χ0n) is 20.5. The van der Waals surface area contributed by atoms with Gasteiger partial charge in [-0.1, -0.05) is 51.1 Å². The van der Waals surface area contributed by atoms with Crippen LogP contribution in [0.4, 0.5) is 5.69 Å². The monoisotopic (exact) mass is 480 g/mol. The highest BCUT2D eigenvalue weighted by molar-refractivity contribution is 8.00. The van der Waals surface area contributed by atoms with Gasteiger partial charge in [0.15, 0.2) is 0 Å². The molecule has 0 radical (unpaired) electrons. The Morgan fingerprint density at radius 3 is 2.68 bits per heavy atom. The van der Waals surface area contributed by atoms with Gasteiger partial charge in [-0.3, -0.25) is 4.79 Å². The van der Waals surface area contributed by atoms with Crippen molar-refractivity contribution in [1.29, 1.82) is 0 Å². The molecular formula is C27H36N4O2S. The van der Waals surface area contributed by atoms with Gasteiger partial charge in [0.2, 0.25) is 0 Å². The molecule has 3 N–H and O–H groups in total. The fraction of sp³-hybridized carbons (Fsp3) is 0.444. The summed E-state index contributed by atoms with van der Waals surface area (Å²) in [4.78, 5) is 13.5. The number of carbonyl (C=O) groups excluding carboxylic acids is 1. The van der Waals surface area contributed by atoms with Gasteiger partial charge in [0, 0.05) is 49.1 Å². The van der Waals surface area contributed by atoms with Crippen LogP contribution in [0.25, 0.3) is 10.9 Å². The normalized spacial score (nSPS) is 15.4. The molecule has 6 nitrogen and oxygen atoms in total. The average molecular weight is 481 g/mol. The second kappa shape index (κ2) is 10.8. The molecule has 0 saturated heterocycles. The second-order valence-electron chi connectivity index (χ2n) is 9.32. The SMILES string of the molecule is CCc1cn2c3c(cc(C(=O)N[C@@H](Cc4ccccc4)[C@H](O)CNC(C)C)cc13)N(C)SCC2. The van der Waals surface area contributed by atoms with Crippen molar-refractivity contribution >= 4 is 34.4 Å². The van der Waals surface area contributed by atoms with E-state index in [0.717, 1.165) is 35.4 Å². The number of rotatable bonds is 9. The zero-order valence-corrected chi connectivity index (χ0v) is 21.4. The van der Waals surface area contributed by atoms with Gasteiger partial charge in [-0.2, -0.15) is 0 Å². The molecule has 0 bridgehead atoms. The predicted octanol–water partition coefficient (Wildman–Crippen LogP) is 4.00. The molecule has 0 unspecified atom stereocenters. The molecule has 1 aliphatic heterocycles. The number of amides is 1. The molecule has 4 rings (SSSR count). The van der Waals surface area contributed by atoms with E-state index >= 15 is 0 Å². The number of hydrogen-bond acceptors (Lipinski definition) is 5. The van der Waals surface area contributed by atoms with Crippen LogP contribution in [0.2, 0.25) is 0 Å². The van der Waals surface area contributed by atoms with Crippen LogP contribution in [0.15, 0.2) is 48.7 Å². The van der Waals surface area contributed by atoms with Crippen molar-refractivity contribution in [3.8, 4) is 0 Å². The maximum absolute atomic E-state index is 13.5. The van der Waals surface area contributed by atoms with Crippen LogP contribution in [0, 0.1) is 0 Å². The number of aryl methyl sites for hydroxylation is 2. The fourth-order valence-corrected chi connectivity index (χ4v) is 5.40. The smallest absolute Gasteiger partial charge is 0.251 e. The van der Waals surface area contributed by atoms with Gasteiger partial charge >= 0.3 is 0 Å². The number of benzene rings is 2. The average Bonchev–Trinajstić information content (AvgIpc) is 3.11. The van der Waals surface area contributed by atoms with Crippen molar-refractivity contribution < 1.29 is 9.90 Å². The molecule has 0 fully saturated rings. The number of aliphatic hydroxyl groups is 1. The van der Waals surface area contributed by atoms with Gasteiger partial charge in [-0.15, -0.1) is 0 Å². The Hall–Kier alpha value is -2.48. The molecule has 0 aliphatic carbocycles. The summed E-state index contributed by atoms with van der Waals surface area (Å²) in [7, 11) is 2.06. The van der Waals surface area contributed by atoms with Crippen molar-refractivity contribution in [1.82, 2.24) is 15.2 Å². The lowest BCUT2D eigenvalue weighted by molar-refractivity contribution is 0.0827. The fourth-order valence-electron chi connectivity index (χ4n) is 4.56. The van der Waals surface area contributed by atoms with Crippen LogP contribution < -0.4 is 14.9 Å². The Kier molecular flexibility index (Phi) is 7.86. The standard InChI is InChI=1S/C27H36N4O2S/c1-5-20-17-31-11-12-34-30(4)24-15-21(14-22(20)26(24)31)27(33)29-23(25(32)16-28-18(2)3)13-19-9-7-6-8-10-19/h6-10,14-15,17-18,23,25,28,32H,5,11-13,16H2,1-4H3,(H,29,33)/t23-,25+/m0/s1. The quantitative estimate of drug-likeness (QED) is 0.404. The molecule has 1 amide bonds. The molecule has 2 aromatic carbocycles. The summed E-state index contributed by atoms with van der Waals surface area (Å²) in [5.74, 6) is 0.841. The third kappa shape index (κ3) is 5.43. The van der Waals surface area contributed by atoms with E-state index in [0.29, 0.717) is 18.5 Å². The lowest BCUT2D eigenvalue weighted by Crippen LogP contribution is -2.49. The van der Waals surface area contributed by atoms with Gasteiger partial charge in [-0.05, 0) is 48.0 Å². The van der Waals surface area contributed by atoms with E-state index in [1.165, 1.54) is 11.1 Å². The number of hydrogen-bond donors (Lipinski definition) is 3. The van der Waals surface area contributed by atoms with E-state index in [-0.39, 0.29) is 11.9 Å². The van der Waals surface area contributed by atoms with Gasteiger partial charge in [0.1, 0.15) is 0 Å². The van der Waals surface area contributed by atoms with Crippen molar-refractivity contribution in [2.24, 2.45) is 0 Å². The first kappa shape index (κ1) is 24.6. The number of anilines is 1. The lowest BCUT2D eigenvalue weighted by Gasteiger charge is -2.26. The maximum Gasteiger partial charge on any atom is 0.251 e. The molecule has 2 heterocycles. The first-order valence-corrected chi connectivity index (χ1v) is 13.1. The van der Waals surface area contributed by atoms with Gasteiger partial charge in [-0.25, -0.2) is 0 Å². The Morgan fingerprint density at radius 1 is 1.21 bits per heavy atom. The summed E-state index contributed by atoms with van der Waals surface area (Å²) in [6.07, 6.45) is 3.01. The minimum Gasteiger partial charge on any atom is -0.390 e. The molecule has 0 saturated carbocycles. The highest BCUT2D eigenvalue weighted by Gasteiger charge is 2.25. The summed E-state index contributed by atoms with van der Waals surface area (Å²) in [5.41, 5.74) is 5.23. The highest BCUT2D eigenvalue weighted by atomic mass is 32.2. The van der Waals surface area contributed by atoms with Crippen LogP contribution in [0.3, 0.4) is 0 Å². The van der Waals surface area contributed by atoms with Crippen molar-refractivity contribution in [2.75, 3.05) is 23.7 Å². The second-order valence-corrected chi connectivity index (χ2v) is 10.5. The van der Waals surface area contributed by atoms with Crippen LogP contribution in [-0.4, -0.2) is 53.1 Å². The minimum atomic E-state index is -0.706. The third-order valence-corrected chi connectivity index (χ3v) is 7.40. The molecule has 2 atom stereocenters. The zero-order chi connectivity index (χ0) is 24.2. The molecule has 182 valence electrons. The largest absolute Gasteiger partial charge is 0.390 e. The lowest BCUT2D eigenvalue weighted by atomic mass is 9.99. The molecule has 1 aromatic heterocycles. The van der Waals surface area contributed by atoms with E-state index in [4.69, 9.17) is 0 Å². The molecule has 1 aliphatic rings. The Bertz CT molecular complexity index is 1130. The number of nitrogens with zero attached hydrogens (tertiary/aromatic N) is 2. The maximum atomic E-state index is 13.5. The van der Waals surface area contributed by atoms with Crippen LogP contribution in [0.1, 0.15) is 42.3 Å². The van der Waals surface area contributed by atoms with Crippen LogP contribution >= 0.6 is 11.9 Å². The Labute approximate surface area is 206 Å². The minimum absolute atomic E-state index is 0.153. The number of nitrogens with one attached hydrogen (secondary N) is 2. The molecule has 3 aromatic rings. The van der Waals surface area contributed by atoms with E-state index in [2.05, 4.69) is 39.7 Å². The van der Waals surface area contributed by atoms with Crippen LogP contribution in [-0.2, 0) is 19.4 Å². The van der Waals surface area contributed by atoms with Gasteiger partial charge < -0.3 is 24.6 Å². The number of aliphatic hydroxyl groups excluding tert-OH is 1. The predicted molar refractivity (Wildman–Crippen MR) is 143 cm³/mol.